The van der Waals surface area contributed by atoms with Crippen molar-refractivity contribution in [2.45, 2.75) is 44.4 Å². The molecule has 29 heavy (non-hydrogen) atoms. The van der Waals surface area contributed by atoms with Crippen molar-refractivity contribution in [3.05, 3.63) is 35.4 Å². The summed E-state index contributed by atoms with van der Waals surface area (Å²) in [5.74, 6) is 0.966. The molecule has 164 valence electrons. The molecule has 2 fully saturated rings. The Bertz CT molecular complexity index is 802. The van der Waals surface area contributed by atoms with E-state index in [9.17, 15) is 8.42 Å². The SMILES string of the molecule is CN=C(NCC(c1ccc(C)cc1)N1CCCC1)N1CCS(=O)(=O)C(C)(C)C1.I. The van der Waals surface area contributed by atoms with Crippen LogP contribution in [0.5, 0.6) is 0 Å². The number of likely N-dealkylation sites (tertiary alicyclic amines) is 1. The van der Waals surface area contributed by atoms with E-state index in [-0.39, 0.29) is 29.7 Å². The molecule has 6 nitrogen and oxygen atoms in total. The predicted octanol–water partition coefficient (Wildman–Crippen LogP) is 2.83. The fourth-order valence-electron chi connectivity index (χ4n) is 4.14. The normalized spacial score (nSPS) is 22.8. The van der Waals surface area contributed by atoms with Gasteiger partial charge in [-0.05, 0) is 52.3 Å². The van der Waals surface area contributed by atoms with Gasteiger partial charge >= 0.3 is 0 Å². The summed E-state index contributed by atoms with van der Waals surface area (Å²) in [5, 5.41) is 3.53. The minimum Gasteiger partial charge on any atom is -0.354 e. The number of nitrogens with zero attached hydrogens (tertiary/aromatic N) is 3. The minimum atomic E-state index is -3.06. The number of aliphatic imine (C=N–C) groups is 1. The zero-order valence-electron chi connectivity index (χ0n) is 18.0. The van der Waals surface area contributed by atoms with Crippen molar-refractivity contribution in [2.75, 3.05) is 45.5 Å². The van der Waals surface area contributed by atoms with Crippen molar-refractivity contribution in [2.24, 2.45) is 4.99 Å². The van der Waals surface area contributed by atoms with Crippen molar-refractivity contribution in [3.63, 3.8) is 0 Å². The maximum absolute atomic E-state index is 12.3. The maximum Gasteiger partial charge on any atom is 0.193 e. The Labute approximate surface area is 193 Å². The quantitative estimate of drug-likeness (QED) is 0.366. The second kappa shape index (κ2) is 9.96. The third-order valence-corrected chi connectivity index (χ3v) is 8.58. The second-order valence-corrected chi connectivity index (χ2v) is 11.3. The Morgan fingerprint density at radius 1 is 1.17 bits per heavy atom. The van der Waals surface area contributed by atoms with E-state index in [1.165, 1.54) is 24.0 Å². The highest BCUT2D eigenvalue weighted by molar-refractivity contribution is 14.0. The molecule has 1 aromatic rings. The van der Waals surface area contributed by atoms with Gasteiger partial charge in [-0.2, -0.15) is 0 Å². The van der Waals surface area contributed by atoms with Crippen LogP contribution >= 0.6 is 24.0 Å². The molecule has 0 aromatic heterocycles. The summed E-state index contributed by atoms with van der Waals surface area (Å²) in [5.41, 5.74) is 2.58. The van der Waals surface area contributed by atoms with Gasteiger partial charge in [-0.3, -0.25) is 9.89 Å². The predicted molar refractivity (Wildman–Crippen MR) is 131 cm³/mol. The minimum absolute atomic E-state index is 0. The lowest BCUT2D eigenvalue weighted by Gasteiger charge is -2.39. The molecule has 0 saturated carbocycles. The molecular weight excluding hydrogens is 499 g/mol. The molecule has 2 heterocycles. The maximum atomic E-state index is 12.3. The van der Waals surface area contributed by atoms with Gasteiger partial charge in [0.05, 0.1) is 16.5 Å². The second-order valence-electron chi connectivity index (χ2n) is 8.60. The molecule has 1 atom stereocenters. The van der Waals surface area contributed by atoms with Crippen LogP contribution in [0.3, 0.4) is 0 Å². The summed E-state index contributed by atoms with van der Waals surface area (Å²) in [6.07, 6.45) is 2.49. The Hall–Kier alpha value is -0.870. The highest BCUT2D eigenvalue weighted by Crippen LogP contribution is 2.26. The zero-order chi connectivity index (χ0) is 20.4. The van der Waals surface area contributed by atoms with E-state index in [0.717, 1.165) is 25.6 Å². The molecule has 0 aliphatic carbocycles. The van der Waals surface area contributed by atoms with Crippen molar-refractivity contribution < 1.29 is 8.42 Å². The van der Waals surface area contributed by atoms with Crippen molar-refractivity contribution >= 4 is 39.8 Å². The number of guanidine groups is 1. The summed E-state index contributed by atoms with van der Waals surface area (Å²) in [4.78, 5) is 9.07. The van der Waals surface area contributed by atoms with E-state index in [2.05, 4.69) is 51.3 Å². The summed E-state index contributed by atoms with van der Waals surface area (Å²) in [7, 11) is -1.29. The number of hydrogen-bond acceptors (Lipinski definition) is 4. The number of hydrogen-bond donors (Lipinski definition) is 1. The molecule has 2 aliphatic heterocycles. The van der Waals surface area contributed by atoms with Gasteiger partial charge in [0, 0.05) is 26.7 Å². The van der Waals surface area contributed by atoms with Crippen LogP contribution in [-0.2, 0) is 9.84 Å². The molecule has 0 radical (unpaired) electrons. The Morgan fingerprint density at radius 3 is 2.34 bits per heavy atom. The van der Waals surface area contributed by atoms with Crippen LogP contribution in [0.1, 0.15) is 43.9 Å². The molecule has 8 heteroatoms. The summed E-state index contributed by atoms with van der Waals surface area (Å²) in [6, 6.07) is 9.08. The van der Waals surface area contributed by atoms with E-state index in [4.69, 9.17) is 0 Å². The van der Waals surface area contributed by atoms with Gasteiger partial charge in [0.15, 0.2) is 15.8 Å². The van der Waals surface area contributed by atoms with E-state index >= 15 is 0 Å². The lowest BCUT2D eigenvalue weighted by atomic mass is 10.0. The van der Waals surface area contributed by atoms with E-state index in [1.807, 2.05) is 0 Å². The van der Waals surface area contributed by atoms with Gasteiger partial charge in [-0.25, -0.2) is 8.42 Å². The van der Waals surface area contributed by atoms with Crippen LogP contribution in [0, 0.1) is 6.92 Å². The van der Waals surface area contributed by atoms with Crippen LogP contribution in [0.4, 0.5) is 0 Å². The third kappa shape index (κ3) is 5.64. The van der Waals surface area contributed by atoms with Gasteiger partial charge in [-0.1, -0.05) is 29.8 Å². The fraction of sp³-hybridized carbons (Fsp3) is 0.667. The van der Waals surface area contributed by atoms with E-state index in [1.54, 1.807) is 20.9 Å². The Morgan fingerprint density at radius 2 is 1.79 bits per heavy atom. The van der Waals surface area contributed by atoms with Gasteiger partial charge in [0.1, 0.15) is 0 Å². The van der Waals surface area contributed by atoms with E-state index < -0.39 is 14.6 Å². The number of aryl methyl sites for hydroxylation is 1. The van der Waals surface area contributed by atoms with Crippen molar-refractivity contribution in [1.82, 2.24) is 15.1 Å². The van der Waals surface area contributed by atoms with Crippen LogP contribution in [0.2, 0.25) is 0 Å². The lowest BCUT2D eigenvalue weighted by Crippen LogP contribution is -2.57. The molecular formula is C21H35IN4O2S. The first-order valence-corrected chi connectivity index (χ1v) is 11.9. The zero-order valence-corrected chi connectivity index (χ0v) is 21.2. The highest BCUT2D eigenvalue weighted by atomic mass is 127. The molecule has 0 amide bonds. The standard InChI is InChI=1S/C21H34N4O2S.HI/c1-17-7-9-18(10-8-17)19(24-11-5-6-12-24)15-23-20(22-4)25-13-14-28(26,27)21(2,3)16-25;/h7-10,19H,5-6,11-16H2,1-4H3,(H,22,23);1H. The first-order chi connectivity index (χ1) is 13.2. The van der Waals surface area contributed by atoms with Crippen molar-refractivity contribution in [1.29, 1.82) is 0 Å². The first-order valence-electron chi connectivity index (χ1n) is 10.2. The van der Waals surface area contributed by atoms with E-state index in [0.29, 0.717) is 19.1 Å². The van der Waals surface area contributed by atoms with Crippen molar-refractivity contribution in [3.8, 4) is 0 Å². The molecule has 1 N–H and O–H groups in total. The number of benzene rings is 1. The topological polar surface area (TPSA) is 65.0 Å². The average molecular weight is 535 g/mol. The van der Waals surface area contributed by atoms with Crippen LogP contribution in [0.25, 0.3) is 0 Å². The number of rotatable bonds is 4. The molecule has 3 rings (SSSR count). The van der Waals surface area contributed by atoms with Crippen LogP contribution in [0.15, 0.2) is 29.3 Å². The highest BCUT2D eigenvalue weighted by Gasteiger charge is 2.41. The Kier molecular flexibility index (Phi) is 8.38. The molecule has 2 aliphatic rings. The third-order valence-electron chi connectivity index (χ3n) is 6.05. The van der Waals surface area contributed by atoms with Crippen LogP contribution in [-0.4, -0.2) is 74.4 Å². The largest absolute Gasteiger partial charge is 0.354 e. The number of nitrogens with one attached hydrogen (secondary N) is 1. The smallest absolute Gasteiger partial charge is 0.193 e. The van der Waals surface area contributed by atoms with Gasteiger partial charge < -0.3 is 10.2 Å². The summed E-state index contributed by atoms with van der Waals surface area (Å²) < 4.78 is 23.9. The molecule has 0 bridgehead atoms. The fourth-order valence-corrected chi connectivity index (χ4v) is 5.51. The summed E-state index contributed by atoms with van der Waals surface area (Å²) >= 11 is 0. The molecule has 1 aromatic carbocycles. The first kappa shape index (κ1) is 24.4. The van der Waals surface area contributed by atoms with Gasteiger partial charge in [0.25, 0.3) is 0 Å². The van der Waals surface area contributed by atoms with Gasteiger partial charge in [-0.15, -0.1) is 24.0 Å². The lowest BCUT2D eigenvalue weighted by molar-refractivity contribution is 0.242. The number of halogens is 1. The molecule has 2 saturated heterocycles. The summed E-state index contributed by atoms with van der Waals surface area (Å²) in [6.45, 7) is 9.68. The monoisotopic (exact) mass is 534 g/mol. The Balaban J connectivity index is 0.00000300. The molecule has 0 spiro atoms. The average Bonchev–Trinajstić information content (AvgIpc) is 3.17. The molecule has 1 unspecified atom stereocenters. The number of sulfone groups is 1. The van der Waals surface area contributed by atoms with Crippen LogP contribution < -0.4 is 5.32 Å². The van der Waals surface area contributed by atoms with Gasteiger partial charge in [0.2, 0.25) is 0 Å².